The number of primary amides is 1. The zero-order valence-corrected chi connectivity index (χ0v) is 10.4. The molecule has 0 aliphatic heterocycles. The lowest BCUT2D eigenvalue weighted by molar-refractivity contribution is -0.127. The molecule has 3 heteroatoms. The molecule has 1 rings (SSSR count). The predicted octanol–water partition coefficient (Wildman–Crippen LogP) is 2.31. The summed E-state index contributed by atoms with van der Waals surface area (Å²) in [5, 5.41) is 0. The number of para-hydroxylation sites is 1. The van der Waals surface area contributed by atoms with Crippen LogP contribution in [0.2, 0.25) is 0 Å². The highest BCUT2D eigenvalue weighted by Crippen LogP contribution is 2.22. The van der Waals surface area contributed by atoms with Crippen LogP contribution in [0.25, 0.3) is 0 Å². The van der Waals surface area contributed by atoms with Gasteiger partial charge in [-0.25, -0.2) is 0 Å². The molecule has 92 valence electrons. The topological polar surface area (TPSA) is 52.3 Å². The lowest BCUT2D eigenvalue weighted by Crippen LogP contribution is -2.36. The summed E-state index contributed by atoms with van der Waals surface area (Å²) in [4.78, 5) is 11.2. The highest BCUT2D eigenvalue weighted by molar-refractivity contribution is 5.80. The molecule has 1 amide bonds. The first-order chi connectivity index (χ1) is 7.97. The van der Waals surface area contributed by atoms with Crippen molar-refractivity contribution in [3.8, 4) is 5.75 Å². The monoisotopic (exact) mass is 233 g/mol. The minimum Gasteiger partial charge on any atom is -0.492 e. The van der Waals surface area contributed by atoms with Crippen LogP contribution < -0.4 is 10.5 Å². The largest absolute Gasteiger partial charge is 0.492 e. The molecule has 0 heterocycles. The van der Waals surface area contributed by atoms with Crippen molar-refractivity contribution in [2.24, 2.45) is 11.1 Å². The number of amides is 1. The number of ether oxygens (including phenoxy) is 1. The SMILES string of the molecule is C=CCc1ccccc1OCC(C)(C)C(N)=O. The van der Waals surface area contributed by atoms with Gasteiger partial charge in [-0.1, -0.05) is 24.3 Å². The summed E-state index contributed by atoms with van der Waals surface area (Å²) in [5.41, 5.74) is 5.69. The summed E-state index contributed by atoms with van der Waals surface area (Å²) in [7, 11) is 0. The summed E-state index contributed by atoms with van der Waals surface area (Å²) >= 11 is 0. The molecule has 0 spiro atoms. The molecule has 0 aliphatic carbocycles. The van der Waals surface area contributed by atoms with Crippen LogP contribution in [0.15, 0.2) is 36.9 Å². The molecule has 0 bridgehead atoms. The molecular weight excluding hydrogens is 214 g/mol. The number of carbonyl (C=O) groups excluding carboxylic acids is 1. The van der Waals surface area contributed by atoms with Crippen LogP contribution >= 0.6 is 0 Å². The van der Waals surface area contributed by atoms with Crippen molar-refractivity contribution in [1.82, 2.24) is 0 Å². The second-order valence-corrected chi connectivity index (χ2v) is 4.64. The average Bonchev–Trinajstić information content (AvgIpc) is 2.28. The summed E-state index contributed by atoms with van der Waals surface area (Å²) < 4.78 is 5.67. The maximum Gasteiger partial charge on any atom is 0.226 e. The fourth-order valence-electron chi connectivity index (χ4n) is 1.30. The van der Waals surface area contributed by atoms with E-state index in [2.05, 4.69) is 6.58 Å². The fraction of sp³-hybridized carbons (Fsp3) is 0.357. The third-order valence-corrected chi connectivity index (χ3v) is 2.59. The van der Waals surface area contributed by atoms with Crippen molar-refractivity contribution in [3.63, 3.8) is 0 Å². The second kappa shape index (κ2) is 5.53. The maximum absolute atomic E-state index is 11.2. The van der Waals surface area contributed by atoms with E-state index in [0.29, 0.717) is 0 Å². The van der Waals surface area contributed by atoms with Crippen molar-refractivity contribution in [2.75, 3.05) is 6.61 Å². The highest BCUT2D eigenvalue weighted by atomic mass is 16.5. The van der Waals surface area contributed by atoms with Gasteiger partial charge in [0.2, 0.25) is 5.91 Å². The Morgan fingerprint density at radius 2 is 2.12 bits per heavy atom. The molecule has 0 fully saturated rings. The predicted molar refractivity (Wildman–Crippen MR) is 68.8 cm³/mol. The van der Waals surface area contributed by atoms with E-state index in [-0.39, 0.29) is 12.5 Å². The van der Waals surface area contributed by atoms with Gasteiger partial charge in [-0.05, 0) is 31.9 Å². The zero-order chi connectivity index (χ0) is 12.9. The first-order valence-electron chi connectivity index (χ1n) is 5.59. The minimum atomic E-state index is -0.665. The molecule has 2 N–H and O–H groups in total. The normalized spacial score (nSPS) is 10.9. The number of rotatable bonds is 6. The summed E-state index contributed by atoms with van der Waals surface area (Å²) in [6, 6.07) is 7.72. The molecule has 1 aromatic carbocycles. The van der Waals surface area contributed by atoms with E-state index in [4.69, 9.17) is 10.5 Å². The van der Waals surface area contributed by atoms with E-state index < -0.39 is 5.41 Å². The van der Waals surface area contributed by atoms with E-state index in [1.165, 1.54) is 0 Å². The zero-order valence-electron chi connectivity index (χ0n) is 10.4. The molecular formula is C14H19NO2. The lowest BCUT2D eigenvalue weighted by Gasteiger charge is -2.21. The van der Waals surface area contributed by atoms with E-state index in [1.54, 1.807) is 13.8 Å². The molecule has 0 atom stereocenters. The first-order valence-corrected chi connectivity index (χ1v) is 5.59. The van der Waals surface area contributed by atoms with Gasteiger partial charge in [0, 0.05) is 0 Å². The Morgan fingerprint density at radius 3 is 2.71 bits per heavy atom. The van der Waals surface area contributed by atoms with Gasteiger partial charge < -0.3 is 10.5 Å². The number of benzene rings is 1. The molecule has 0 radical (unpaired) electrons. The maximum atomic E-state index is 11.2. The second-order valence-electron chi connectivity index (χ2n) is 4.64. The van der Waals surface area contributed by atoms with Crippen molar-refractivity contribution in [3.05, 3.63) is 42.5 Å². The van der Waals surface area contributed by atoms with Crippen molar-refractivity contribution < 1.29 is 9.53 Å². The van der Waals surface area contributed by atoms with Gasteiger partial charge in [0.15, 0.2) is 0 Å². The smallest absolute Gasteiger partial charge is 0.226 e. The van der Waals surface area contributed by atoms with Gasteiger partial charge >= 0.3 is 0 Å². The van der Waals surface area contributed by atoms with Crippen LogP contribution in [-0.2, 0) is 11.2 Å². The third kappa shape index (κ3) is 3.63. The standard InChI is InChI=1S/C14H19NO2/c1-4-7-11-8-5-6-9-12(11)17-10-14(2,3)13(15)16/h4-6,8-9H,1,7,10H2,2-3H3,(H2,15,16). The minimum absolute atomic E-state index is 0.274. The third-order valence-electron chi connectivity index (χ3n) is 2.59. The van der Waals surface area contributed by atoms with Gasteiger partial charge in [-0.3, -0.25) is 4.79 Å². The average molecular weight is 233 g/mol. The lowest BCUT2D eigenvalue weighted by atomic mass is 9.94. The Hall–Kier alpha value is -1.77. The van der Waals surface area contributed by atoms with Crippen molar-refractivity contribution in [2.45, 2.75) is 20.3 Å². The van der Waals surface area contributed by atoms with Gasteiger partial charge in [-0.2, -0.15) is 0 Å². The van der Waals surface area contributed by atoms with Crippen molar-refractivity contribution >= 4 is 5.91 Å². The van der Waals surface area contributed by atoms with E-state index in [9.17, 15) is 4.79 Å². The van der Waals surface area contributed by atoms with Crippen LogP contribution in [0, 0.1) is 5.41 Å². The highest BCUT2D eigenvalue weighted by Gasteiger charge is 2.26. The molecule has 17 heavy (non-hydrogen) atoms. The first kappa shape index (κ1) is 13.3. The molecule has 1 aromatic rings. The summed E-state index contributed by atoms with van der Waals surface area (Å²) in [6.07, 6.45) is 2.56. The number of allylic oxidation sites excluding steroid dienone is 1. The van der Waals surface area contributed by atoms with Crippen molar-refractivity contribution in [1.29, 1.82) is 0 Å². The van der Waals surface area contributed by atoms with Gasteiger partial charge in [0.05, 0.1) is 5.41 Å². The van der Waals surface area contributed by atoms with Crippen LogP contribution in [0.4, 0.5) is 0 Å². The molecule has 0 aromatic heterocycles. The number of hydrogen-bond acceptors (Lipinski definition) is 2. The van der Waals surface area contributed by atoms with E-state index in [1.807, 2.05) is 30.3 Å². The quantitative estimate of drug-likeness (QED) is 0.766. The van der Waals surface area contributed by atoms with Gasteiger partial charge in [0.25, 0.3) is 0 Å². The Kier molecular flexibility index (Phi) is 4.32. The number of hydrogen-bond donors (Lipinski definition) is 1. The molecule has 0 unspecified atom stereocenters. The van der Waals surface area contributed by atoms with Crippen LogP contribution in [0.3, 0.4) is 0 Å². The Bertz CT molecular complexity index is 410. The number of nitrogens with two attached hydrogens (primary N) is 1. The van der Waals surface area contributed by atoms with Gasteiger partial charge in [0.1, 0.15) is 12.4 Å². The summed E-state index contributed by atoms with van der Waals surface area (Å²) in [5.74, 6) is 0.417. The Morgan fingerprint density at radius 1 is 1.47 bits per heavy atom. The Balaban J connectivity index is 2.75. The fourth-order valence-corrected chi connectivity index (χ4v) is 1.30. The van der Waals surface area contributed by atoms with E-state index in [0.717, 1.165) is 17.7 Å². The van der Waals surface area contributed by atoms with E-state index >= 15 is 0 Å². The summed E-state index contributed by atoms with van der Waals surface area (Å²) in [6.45, 7) is 7.52. The van der Waals surface area contributed by atoms with Gasteiger partial charge in [-0.15, -0.1) is 6.58 Å². The number of carbonyl (C=O) groups is 1. The molecule has 0 aliphatic rings. The molecule has 0 saturated carbocycles. The van der Waals surface area contributed by atoms with Crippen LogP contribution in [0.1, 0.15) is 19.4 Å². The van der Waals surface area contributed by atoms with Crippen LogP contribution in [0.5, 0.6) is 5.75 Å². The molecule has 3 nitrogen and oxygen atoms in total. The Labute approximate surface area is 102 Å². The van der Waals surface area contributed by atoms with Crippen LogP contribution in [-0.4, -0.2) is 12.5 Å². The molecule has 0 saturated heterocycles.